The lowest BCUT2D eigenvalue weighted by Gasteiger charge is -2.36. The molecule has 0 saturated carbocycles. The van der Waals surface area contributed by atoms with E-state index in [0.29, 0.717) is 18.0 Å². The fourth-order valence-corrected chi connectivity index (χ4v) is 4.93. The van der Waals surface area contributed by atoms with E-state index in [9.17, 15) is 8.42 Å². The number of sulfonamides is 1. The quantitative estimate of drug-likeness (QED) is 0.703. The smallest absolute Gasteiger partial charge is 0.245 e. The van der Waals surface area contributed by atoms with E-state index in [-0.39, 0.29) is 4.90 Å². The first-order valence-electron chi connectivity index (χ1n) is 9.02. The Kier molecular flexibility index (Phi) is 6.41. The van der Waals surface area contributed by atoms with Gasteiger partial charge in [-0.1, -0.05) is 22.8 Å². The summed E-state index contributed by atoms with van der Waals surface area (Å²) in [6.45, 7) is 8.25. The molecule has 0 amide bonds. The zero-order valence-electron chi connectivity index (χ0n) is 15.6. The predicted octanol–water partition coefficient (Wildman–Crippen LogP) is 2.44. The van der Waals surface area contributed by atoms with Crippen LogP contribution in [0.1, 0.15) is 17.9 Å². The largest absolute Gasteiger partial charge is 0.369 e. The number of hydrogen-bond acceptors (Lipinski definition) is 6. The second-order valence-corrected chi connectivity index (χ2v) is 8.85. The van der Waals surface area contributed by atoms with Gasteiger partial charge < -0.3 is 9.42 Å². The predicted molar refractivity (Wildman–Crippen MR) is 106 cm³/mol. The van der Waals surface area contributed by atoms with E-state index >= 15 is 0 Å². The zero-order chi connectivity index (χ0) is 19.4. The third-order valence-electron chi connectivity index (χ3n) is 4.73. The van der Waals surface area contributed by atoms with Gasteiger partial charge in [0.25, 0.3) is 0 Å². The molecule has 1 aliphatic rings. The highest BCUT2D eigenvalue weighted by Crippen LogP contribution is 2.21. The molecule has 1 aliphatic heterocycles. The van der Waals surface area contributed by atoms with Gasteiger partial charge in [0.15, 0.2) is 5.76 Å². The molecular weight excluding hydrogens is 388 g/mol. The molecular formula is C18H25ClN4O3S. The first kappa shape index (κ1) is 20.1. The van der Waals surface area contributed by atoms with E-state index < -0.39 is 10.0 Å². The topological polar surface area (TPSA) is 78.7 Å². The number of halogens is 1. The maximum atomic E-state index is 12.4. The van der Waals surface area contributed by atoms with E-state index in [4.69, 9.17) is 16.1 Å². The summed E-state index contributed by atoms with van der Waals surface area (Å²) in [6.07, 6.45) is 0.750. The average Bonchev–Trinajstić information content (AvgIpc) is 2.98. The number of aromatic nitrogens is 1. The summed E-state index contributed by atoms with van der Waals surface area (Å²) in [6, 6.07) is 7.91. The van der Waals surface area contributed by atoms with Gasteiger partial charge in [-0.3, -0.25) is 4.90 Å². The van der Waals surface area contributed by atoms with Crippen LogP contribution in [0.25, 0.3) is 0 Å². The van der Waals surface area contributed by atoms with Gasteiger partial charge in [-0.25, -0.2) is 13.1 Å². The summed E-state index contributed by atoms with van der Waals surface area (Å²) < 4.78 is 32.3. The highest BCUT2D eigenvalue weighted by Gasteiger charge is 2.24. The summed E-state index contributed by atoms with van der Waals surface area (Å²) >= 11 is 6.07. The van der Waals surface area contributed by atoms with Crippen LogP contribution in [-0.4, -0.2) is 57.7 Å². The lowest BCUT2D eigenvalue weighted by Crippen LogP contribution is -2.47. The highest BCUT2D eigenvalue weighted by atomic mass is 35.5. The molecule has 0 aliphatic carbocycles. The summed E-state index contributed by atoms with van der Waals surface area (Å²) in [4.78, 5) is 4.82. The molecule has 1 saturated heterocycles. The van der Waals surface area contributed by atoms with Crippen molar-refractivity contribution in [2.45, 2.75) is 25.2 Å². The lowest BCUT2D eigenvalue weighted by molar-refractivity contribution is 0.255. The lowest BCUT2D eigenvalue weighted by atomic mass is 10.2. The molecule has 1 fully saturated rings. The number of piperazine rings is 1. The van der Waals surface area contributed by atoms with Gasteiger partial charge in [-0.2, -0.15) is 0 Å². The first-order chi connectivity index (χ1) is 12.9. The molecule has 3 rings (SSSR count). The van der Waals surface area contributed by atoms with Crippen molar-refractivity contribution in [2.75, 3.05) is 44.2 Å². The van der Waals surface area contributed by atoms with Crippen molar-refractivity contribution in [3.63, 3.8) is 0 Å². The van der Waals surface area contributed by atoms with Crippen LogP contribution in [0.15, 0.2) is 33.7 Å². The molecule has 1 aromatic carbocycles. The Morgan fingerprint density at radius 1 is 1.22 bits per heavy atom. The molecule has 0 radical (unpaired) electrons. The van der Waals surface area contributed by atoms with E-state index in [2.05, 4.69) is 25.7 Å². The minimum atomic E-state index is -3.58. The monoisotopic (exact) mass is 412 g/mol. The molecule has 1 aromatic heterocycles. The third-order valence-corrected chi connectivity index (χ3v) is 6.67. The van der Waals surface area contributed by atoms with E-state index in [0.717, 1.165) is 49.9 Å². The van der Waals surface area contributed by atoms with Crippen molar-refractivity contribution in [3.8, 4) is 0 Å². The van der Waals surface area contributed by atoms with E-state index in [1.807, 2.05) is 18.2 Å². The number of aryl methyl sites for hydroxylation is 2. The summed E-state index contributed by atoms with van der Waals surface area (Å²) in [5, 5.41) is 4.46. The molecule has 1 N–H and O–H groups in total. The van der Waals surface area contributed by atoms with Crippen LogP contribution >= 0.6 is 11.6 Å². The second-order valence-electron chi connectivity index (χ2n) is 6.71. The molecule has 2 aromatic rings. The maximum absolute atomic E-state index is 12.4. The van der Waals surface area contributed by atoms with Gasteiger partial charge in [0.1, 0.15) is 10.6 Å². The van der Waals surface area contributed by atoms with Crippen molar-refractivity contribution in [1.82, 2.24) is 14.8 Å². The molecule has 0 spiro atoms. The normalized spacial score (nSPS) is 16.0. The summed E-state index contributed by atoms with van der Waals surface area (Å²) in [7, 11) is -3.58. The van der Waals surface area contributed by atoms with Crippen LogP contribution in [0.3, 0.4) is 0 Å². The minimum Gasteiger partial charge on any atom is -0.369 e. The number of benzene rings is 1. The maximum Gasteiger partial charge on any atom is 0.245 e. The number of nitrogens with zero attached hydrogens (tertiary/aromatic N) is 3. The van der Waals surface area contributed by atoms with Crippen molar-refractivity contribution < 1.29 is 12.9 Å². The standard InChI is InChI=1S/C18H25ClN4O3S/c1-14-18(15(2)26-21-14)27(24,25)20-7-4-8-22-9-11-23(12-10-22)17-6-3-5-16(19)13-17/h3,5-6,13,20H,4,7-12H2,1-2H3. The Hall–Kier alpha value is -1.61. The van der Waals surface area contributed by atoms with Crippen LogP contribution in [0.2, 0.25) is 5.02 Å². The van der Waals surface area contributed by atoms with E-state index in [1.165, 1.54) is 0 Å². The van der Waals surface area contributed by atoms with Crippen molar-refractivity contribution >= 4 is 27.3 Å². The minimum absolute atomic E-state index is 0.151. The number of rotatable bonds is 7. The van der Waals surface area contributed by atoms with Gasteiger partial charge in [-0.15, -0.1) is 0 Å². The SMILES string of the molecule is Cc1noc(C)c1S(=O)(=O)NCCCN1CCN(c2cccc(Cl)c2)CC1. The molecule has 9 heteroatoms. The highest BCUT2D eigenvalue weighted by molar-refractivity contribution is 7.89. The van der Waals surface area contributed by atoms with Crippen LogP contribution in [0.4, 0.5) is 5.69 Å². The fourth-order valence-electron chi connectivity index (χ4n) is 3.34. The van der Waals surface area contributed by atoms with Crippen molar-refractivity contribution in [2.24, 2.45) is 0 Å². The van der Waals surface area contributed by atoms with Crippen LogP contribution in [0.5, 0.6) is 0 Å². The van der Waals surface area contributed by atoms with Gasteiger partial charge in [0.2, 0.25) is 10.0 Å². The number of anilines is 1. The fraction of sp³-hybridized carbons (Fsp3) is 0.500. The molecule has 7 nitrogen and oxygen atoms in total. The Balaban J connectivity index is 1.42. The second kappa shape index (κ2) is 8.60. The van der Waals surface area contributed by atoms with Crippen LogP contribution in [-0.2, 0) is 10.0 Å². The molecule has 0 unspecified atom stereocenters. The molecule has 0 atom stereocenters. The molecule has 27 heavy (non-hydrogen) atoms. The van der Waals surface area contributed by atoms with E-state index in [1.54, 1.807) is 13.8 Å². The Morgan fingerprint density at radius 3 is 2.59 bits per heavy atom. The van der Waals surface area contributed by atoms with Gasteiger partial charge in [0, 0.05) is 43.4 Å². The van der Waals surface area contributed by atoms with Gasteiger partial charge in [0.05, 0.1) is 0 Å². The van der Waals surface area contributed by atoms with Gasteiger partial charge in [-0.05, 0) is 45.0 Å². The zero-order valence-corrected chi connectivity index (χ0v) is 17.2. The molecule has 2 heterocycles. The summed E-state index contributed by atoms with van der Waals surface area (Å²) in [5.41, 5.74) is 1.53. The van der Waals surface area contributed by atoms with Gasteiger partial charge >= 0.3 is 0 Å². The molecule has 148 valence electrons. The Labute approximate surface area is 165 Å². The van der Waals surface area contributed by atoms with Crippen LogP contribution in [0, 0.1) is 13.8 Å². The number of nitrogens with one attached hydrogen (secondary N) is 1. The molecule has 0 bridgehead atoms. The van der Waals surface area contributed by atoms with Crippen molar-refractivity contribution in [1.29, 1.82) is 0 Å². The van der Waals surface area contributed by atoms with Crippen LogP contribution < -0.4 is 9.62 Å². The Bertz CT molecular complexity index is 857. The average molecular weight is 413 g/mol. The van der Waals surface area contributed by atoms with Crippen molar-refractivity contribution in [3.05, 3.63) is 40.7 Å². The third kappa shape index (κ3) is 5.01. The first-order valence-corrected chi connectivity index (χ1v) is 10.9. The Morgan fingerprint density at radius 2 is 1.96 bits per heavy atom. The summed E-state index contributed by atoms with van der Waals surface area (Å²) in [5.74, 6) is 0.317. The number of hydrogen-bond donors (Lipinski definition) is 1.